The summed E-state index contributed by atoms with van der Waals surface area (Å²) < 4.78 is 5.54. The van der Waals surface area contributed by atoms with Crippen molar-refractivity contribution >= 4 is 18.0 Å². The Morgan fingerprint density at radius 2 is 1.74 bits per heavy atom. The standard InChI is InChI=1S/C27H31N3O5/c1-30-14-12-18(13-15-30)16-28-26(33)24(10-11-25(31)32)29-27(34)35-17-23-21-8-4-2-6-19(21)20-7-3-5-9-22(20)23/h2-9,12,23-24H,10-11,13-17H2,1H3,(H,28,33)(H,29,34)(H,31,32). The van der Waals surface area contributed by atoms with Crippen molar-refractivity contribution in [3.05, 3.63) is 71.3 Å². The molecule has 8 heteroatoms. The van der Waals surface area contributed by atoms with Gasteiger partial charge in [0, 0.05) is 32.0 Å². The van der Waals surface area contributed by atoms with Gasteiger partial charge in [-0.25, -0.2) is 4.79 Å². The average molecular weight is 478 g/mol. The summed E-state index contributed by atoms with van der Waals surface area (Å²) in [5.41, 5.74) is 5.55. The van der Waals surface area contributed by atoms with Crippen LogP contribution >= 0.6 is 0 Å². The van der Waals surface area contributed by atoms with Crippen molar-refractivity contribution in [3.63, 3.8) is 0 Å². The molecule has 0 spiro atoms. The zero-order valence-electron chi connectivity index (χ0n) is 19.8. The van der Waals surface area contributed by atoms with Crippen LogP contribution in [0.1, 0.15) is 36.3 Å². The van der Waals surface area contributed by atoms with Crippen molar-refractivity contribution in [3.8, 4) is 11.1 Å². The van der Waals surface area contributed by atoms with Crippen LogP contribution in [0.5, 0.6) is 0 Å². The highest BCUT2D eigenvalue weighted by Crippen LogP contribution is 2.44. The Kier molecular flexibility index (Phi) is 7.82. The Morgan fingerprint density at radius 1 is 1.09 bits per heavy atom. The van der Waals surface area contributed by atoms with Gasteiger partial charge in [-0.05, 0) is 42.1 Å². The molecule has 1 atom stereocenters. The molecule has 0 radical (unpaired) electrons. The average Bonchev–Trinajstić information content (AvgIpc) is 3.18. The minimum Gasteiger partial charge on any atom is -0.481 e. The Bertz CT molecular complexity index is 1080. The summed E-state index contributed by atoms with van der Waals surface area (Å²) in [6.45, 7) is 2.24. The Balaban J connectivity index is 1.36. The smallest absolute Gasteiger partial charge is 0.407 e. The normalized spacial score (nSPS) is 16.0. The number of carbonyl (C=O) groups is 3. The van der Waals surface area contributed by atoms with Crippen LogP contribution in [-0.4, -0.2) is 67.3 Å². The first kappa shape index (κ1) is 24.5. The number of aliphatic carboxylic acids is 1. The molecule has 0 saturated heterocycles. The van der Waals surface area contributed by atoms with Crippen LogP contribution in [0.15, 0.2) is 60.2 Å². The number of carbonyl (C=O) groups excluding carboxylic acids is 2. The van der Waals surface area contributed by atoms with Gasteiger partial charge in [0.15, 0.2) is 0 Å². The van der Waals surface area contributed by atoms with Gasteiger partial charge in [-0.1, -0.05) is 60.2 Å². The van der Waals surface area contributed by atoms with E-state index in [0.29, 0.717) is 6.54 Å². The van der Waals surface area contributed by atoms with Crippen LogP contribution < -0.4 is 10.6 Å². The number of benzene rings is 2. The lowest BCUT2D eigenvalue weighted by Gasteiger charge is -2.23. The molecule has 1 aliphatic carbocycles. The lowest BCUT2D eigenvalue weighted by atomic mass is 9.98. The summed E-state index contributed by atoms with van der Waals surface area (Å²) in [4.78, 5) is 38.7. The van der Waals surface area contributed by atoms with Crippen LogP contribution in [0, 0.1) is 0 Å². The predicted molar refractivity (Wildman–Crippen MR) is 132 cm³/mol. The first-order chi connectivity index (χ1) is 16.9. The van der Waals surface area contributed by atoms with Crippen LogP contribution in [0.2, 0.25) is 0 Å². The van der Waals surface area contributed by atoms with E-state index in [1.165, 1.54) is 0 Å². The zero-order valence-corrected chi connectivity index (χ0v) is 19.8. The number of ether oxygens (including phenoxy) is 1. The molecule has 2 amide bonds. The summed E-state index contributed by atoms with van der Waals surface area (Å²) in [7, 11) is 2.03. The van der Waals surface area contributed by atoms with Crippen molar-refractivity contribution in [1.82, 2.24) is 15.5 Å². The highest BCUT2D eigenvalue weighted by Gasteiger charge is 2.30. The van der Waals surface area contributed by atoms with Gasteiger partial charge in [-0.3, -0.25) is 9.59 Å². The summed E-state index contributed by atoms with van der Waals surface area (Å²) in [5.74, 6) is -1.55. The molecule has 184 valence electrons. The molecule has 2 aromatic carbocycles. The van der Waals surface area contributed by atoms with E-state index in [2.05, 4.69) is 33.7 Å². The largest absolute Gasteiger partial charge is 0.481 e. The van der Waals surface area contributed by atoms with Crippen molar-refractivity contribution in [2.45, 2.75) is 31.2 Å². The number of fused-ring (bicyclic) bond motifs is 3. The van der Waals surface area contributed by atoms with Gasteiger partial charge in [0.05, 0.1) is 0 Å². The van der Waals surface area contributed by atoms with Crippen molar-refractivity contribution in [1.29, 1.82) is 0 Å². The molecule has 4 rings (SSSR count). The lowest BCUT2D eigenvalue weighted by molar-refractivity contribution is -0.137. The Labute approximate surface area is 205 Å². The number of hydrogen-bond donors (Lipinski definition) is 3. The van der Waals surface area contributed by atoms with Gasteiger partial charge in [-0.15, -0.1) is 0 Å². The maximum Gasteiger partial charge on any atom is 0.407 e. The van der Waals surface area contributed by atoms with Crippen molar-refractivity contribution in [2.75, 3.05) is 33.3 Å². The van der Waals surface area contributed by atoms with Crippen LogP contribution in [0.3, 0.4) is 0 Å². The second kappa shape index (κ2) is 11.2. The first-order valence-electron chi connectivity index (χ1n) is 11.9. The van der Waals surface area contributed by atoms with Gasteiger partial charge in [-0.2, -0.15) is 0 Å². The topological polar surface area (TPSA) is 108 Å². The van der Waals surface area contributed by atoms with Gasteiger partial charge in [0.2, 0.25) is 5.91 Å². The molecule has 0 fully saturated rings. The number of nitrogens with one attached hydrogen (secondary N) is 2. The van der Waals surface area contributed by atoms with E-state index in [9.17, 15) is 14.4 Å². The highest BCUT2D eigenvalue weighted by molar-refractivity contribution is 5.86. The fourth-order valence-corrected chi connectivity index (χ4v) is 4.62. The van der Waals surface area contributed by atoms with E-state index in [4.69, 9.17) is 9.84 Å². The molecule has 3 N–H and O–H groups in total. The molecule has 8 nitrogen and oxygen atoms in total. The van der Waals surface area contributed by atoms with E-state index >= 15 is 0 Å². The minimum atomic E-state index is -1.03. The molecular formula is C27H31N3O5. The van der Waals surface area contributed by atoms with E-state index in [1.807, 2.05) is 43.4 Å². The van der Waals surface area contributed by atoms with Gasteiger partial charge < -0.3 is 25.4 Å². The Morgan fingerprint density at radius 3 is 2.34 bits per heavy atom. The number of rotatable bonds is 9. The number of carboxylic acids is 1. The van der Waals surface area contributed by atoms with E-state index in [0.717, 1.165) is 47.3 Å². The number of hydrogen-bond acceptors (Lipinski definition) is 5. The van der Waals surface area contributed by atoms with Gasteiger partial charge >= 0.3 is 12.1 Å². The molecule has 0 bridgehead atoms. The lowest BCUT2D eigenvalue weighted by Crippen LogP contribution is -2.48. The number of nitrogens with zero attached hydrogens (tertiary/aromatic N) is 1. The highest BCUT2D eigenvalue weighted by atomic mass is 16.5. The fourth-order valence-electron chi connectivity index (χ4n) is 4.62. The molecule has 1 unspecified atom stereocenters. The van der Waals surface area contributed by atoms with Crippen LogP contribution in [0.25, 0.3) is 11.1 Å². The molecular weight excluding hydrogens is 446 g/mol. The number of likely N-dealkylation sites (N-methyl/N-ethyl adjacent to an activating group) is 1. The minimum absolute atomic E-state index is 0.0207. The summed E-state index contributed by atoms with van der Waals surface area (Å²) in [6.07, 6.45) is 1.93. The van der Waals surface area contributed by atoms with Crippen LogP contribution in [-0.2, 0) is 14.3 Å². The van der Waals surface area contributed by atoms with Gasteiger partial charge in [0.25, 0.3) is 0 Å². The molecule has 1 heterocycles. The zero-order chi connectivity index (χ0) is 24.8. The third kappa shape index (κ3) is 6.08. The molecule has 0 aromatic heterocycles. The fraction of sp³-hybridized carbons (Fsp3) is 0.370. The predicted octanol–water partition coefficient (Wildman–Crippen LogP) is 3.14. The molecule has 1 aliphatic heterocycles. The molecule has 35 heavy (non-hydrogen) atoms. The van der Waals surface area contributed by atoms with Gasteiger partial charge in [0.1, 0.15) is 12.6 Å². The second-order valence-corrected chi connectivity index (χ2v) is 9.05. The number of carboxylic acid groups (broad SMARTS) is 1. The van der Waals surface area contributed by atoms with E-state index < -0.39 is 24.0 Å². The first-order valence-corrected chi connectivity index (χ1v) is 11.9. The quantitative estimate of drug-likeness (QED) is 0.479. The molecule has 0 saturated carbocycles. The second-order valence-electron chi connectivity index (χ2n) is 9.05. The summed E-state index contributed by atoms with van der Waals surface area (Å²) in [6, 6.07) is 15.1. The number of amides is 2. The molecule has 2 aliphatic rings. The SMILES string of the molecule is CN1CC=C(CNC(=O)C(CCC(=O)O)NC(=O)OCC2c3ccccc3-c3ccccc32)CC1. The summed E-state index contributed by atoms with van der Waals surface area (Å²) >= 11 is 0. The Hall–Kier alpha value is -3.65. The van der Waals surface area contributed by atoms with E-state index in [1.54, 1.807) is 0 Å². The molecule has 2 aromatic rings. The van der Waals surface area contributed by atoms with E-state index in [-0.39, 0.29) is 25.4 Å². The third-order valence-electron chi connectivity index (χ3n) is 6.60. The maximum absolute atomic E-state index is 12.8. The maximum atomic E-state index is 12.8. The monoisotopic (exact) mass is 477 g/mol. The third-order valence-corrected chi connectivity index (χ3v) is 6.60. The van der Waals surface area contributed by atoms with Crippen molar-refractivity contribution < 1.29 is 24.2 Å². The van der Waals surface area contributed by atoms with Crippen molar-refractivity contribution in [2.24, 2.45) is 0 Å². The van der Waals surface area contributed by atoms with Crippen LogP contribution in [0.4, 0.5) is 4.79 Å². The number of alkyl carbamates (subject to hydrolysis) is 1. The summed E-state index contributed by atoms with van der Waals surface area (Å²) in [5, 5.41) is 14.5.